The monoisotopic (exact) mass is 427 g/mol. The predicted octanol–water partition coefficient (Wildman–Crippen LogP) is 4.77. The number of para-hydroxylation sites is 2. The Morgan fingerprint density at radius 1 is 0.906 bits per heavy atom. The Bertz CT molecular complexity index is 1140. The van der Waals surface area contributed by atoms with Gasteiger partial charge < -0.3 is 10.6 Å². The maximum Gasteiger partial charge on any atom is 0.257 e. The lowest BCUT2D eigenvalue weighted by Crippen LogP contribution is -2.51. The van der Waals surface area contributed by atoms with Gasteiger partial charge in [0.1, 0.15) is 0 Å². The summed E-state index contributed by atoms with van der Waals surface area (Å²) in [6.07, 6.45) is 1.40. The second-order valence-electron chi connectivity index (χ2n) is 7.88. The fourth-order valence-electron chi connectivity index (χ4n) is 4.10. The molecule has 1 saturated heterocycles. The summed E-state index contributed by atoms with van der Waals surface area (Å²) in [6, 6.07) is 24.3. The van der Waals surface area contributed by atoms with E-state index in [0.29, 0.717) is 36.2 Å². The van der Waals surface area contributed by atoms with Gasteiger partial charge in [0.2, 0.25) is 11.8 Å². The summed E-state index contributed by atoms with van der Waals surface area (Å²) in [5.41, 5.74) is 2.88. The van der Waals surface area contributed by atoms with E-state index in [2.05, 4.69) is 16.0 Å². The van der Waals surface area contributed by atoms with Crippen LogP contribution in [0, 0.1) is 0 Å². The van der Waals surface area contributed by atoms with Crippen molar-refractivity contribution in [1.29, 1.82) is 0 Å². The van der Waals surface area contributed by atoms with E-state index in [1.165, 1.54) is 0 Å². The minimum absolute atomic E-state index is 0.231. The minimum Gasteiger partial charge on any atom is -0.355 e. The van der Waals surface area contributed by atoms with Crippen molar-refractivity contribution in [1.82, 2.24) is 5.32 Å². The largest absolute Gasteiger partial charge is 0.355 e. The highest BCUT2D eigenvalue weighted by Crippen LogP contribution is 2.36. The molecule has 3 aromatic rings. The van der Waals surface area contributed by atoms with Gasteiger partial charge in [-0.1, -0.05) is 49.4 Å². The maximum absolute atomic E-state index is 13.0. The van der Waals surface area contributed by atoms with E-state index in [-0.39, 0.29) is 17.7 Å². The molecule has 1 aliphatic rings. The number of benzene rings is 3. The molecule has 1 unspecified atom stereocenters. The number of imide groups is 1. The van der Waals surface area contributed by atoms with Crippen LogP contribution in [0.3, 0.4) is 0 Å². The van der Waals surface area contributed by atoms with Crippen LogP contribution >= 0.6 is 0 Å². The molecule has 32 heavy (non-hydrogen) atoms. The van der Waals surface area contributed by atoms with Crippen LogP contribution in [-0.4, -0.2) is 17.7 Å². The topological polar surface area (TPSA) is 87.3 Å². The Kier molecular flexibility index (Phi) is 6.03. The van der Waals surface area contributed by atoms with E-state index >= 15 is 0 Å². The molecule has 3 aromatic carbocycles. The summed E-state index contributed by atoms with van der Waals surface area (Å²) in [6.45, 7) is 1.95. The third kappa shape index (κ3) is 4.25. The van der Waals surface area contributed by atoms with Gasteiger partial charge in [-0.3, -0.25) is 19.7 Å². The van der Waals surface area contributed by atoms with Crippen LogP contribution in [-0.2, 0) is 15.0 Å². The lowest BCUT2D eigenvalue weighted by atomic mass is 9.72. The molecule has 6 nitrogen and oxygen atoms in total. The Morgan fingerprint density at radius 2 is 1.59 bits per heavy atom. The quantitative estimate of drug-likeness (QED) is 0.495. The molecule has 1 heterocycles. The van der Waals surface area contributed by atoms with Crippen molar-refractivity contribution >= 4 is 34.8 Å². The molecule has 4 rings (SSSR count). The highest BCUT2D eigenvalue weighted by atomic mass is 16.2. The SMILES string of the molecule is CCC1(c2ccc(NC(=O)c3ccccc3Nc3ccccc3)cc2)CCC(=O)NC1=O. The van der Waals surface area contributed by atoms with Crippen molar-refractivity contribution in [2.24, 2.45) is 0 Å². The molecule has 0 aliphatic carbocycles. The molecule has 3 N–H and O–H groups in total. The highest BCUT2D eigenvalue weighted by molar-refractivity contribution is 6.08. The Hall–Kier alpha value is -3.93. The van der Waals surface area contributed by atoms with Crippen LogP contribution in [0.2, 0.25) is 0 Å². The molecule has 0 aromatic heterocycles. The number of rotatable bonds is 6. The van der Waals surface area contributed by atoms with Gasteiger partial charge >= 0.3 is 0 Å². The Labute approximate surface area is 187 Å². The number of piperidine rings is 1. The molecule has 0 radical (unpaired) electrons. The average Bonchev–Trinajstić information content (AvgIpc) is 2.81. The molecular weight excluding hydrogens is 402 g/mol. The van der Waals surface area contributed by atoms with Crippen molar-refractivity contribution in [2.45, 2.75) is 31.6 Å². The molecule has 162 valence electrons. The van der Waals surface area contributed by atoms with E-state index in [1.54, 1.807) is 18.2 Å². The van der Waals surface area contributed by atoms with Gasteiger partial charge in [-0.05, 0) is 54.8 Å². The van der Waals surface area contributed by atoms with Crippen molar-refractivity contribution in [3.63, 3.8) is 0 Å². The summed E-state index contributed by atoms with van der Waals surface area (Å²) in [5, 5.41) is 8.67. The predicted molar refractivity (Wildman–Crippen MR) is 125 cm³/mol. The van der Waals surface area contributed by atoms with E-state index in [1.807, 2.05) is 67.6 Å². The number of anilines is 3. The van der Waals surface area contributed by atoms with Gasteiger partial charge in [-0.25, -0.2) is 0 Å². The number of amides is 3. The fourth-order valence-corrected chi connectivity index (χ4v) is 4.10. The van der Waals surface area contributed by atoms with Crippen LogP contribution in [0.4, 0.5) is 17.1 Å². The Morgan fingerprint density at radius 3 is 2.28 bits per heavy atom. The summed E-state index contributed by atoms with van der Waals surface area (Å²) in [5.74, 6) is -0.720. The summed E-state index contributed by atoms with van der Waals surface area (Å²) in [7, 11) is 0. The van der Waals surface area contributed by atoms with E-state index in [9.17, 15) is 14.4 Å². The molecule has 1 aliphatic heterocycles. The van der Waals surface area contributed by atoms with Crippen LogP contribution in [0.25, 0.3) is 0 Å². The van der Waals surface area contributed by atoms with Crippen LogP contribution in [0.15, 0.2) is 78.9 Å². The summed E-state index contributed by atoms with van der Waals surface area (Å²) in [4.78, 5) is 37.1. The zero-order valence-corrected chi connectivity index (χ0v) is 17.9. The standard InChI is InChI=1S/C26H25N3O3/c1-2-26(17-16-23(30)29-25(26)32)18-12-14-20(15-13-18)28-24(31)21-10-6-7-11-22(21)27-19-8-4-3-5-9-19/h3-15,27H,2,16-17H2,1H3,(H,28,31)(H,29,30,32). The number of nitrogens with one attached hydrogen (secondary N) is 3. The smallest absolute Gasteiger partial charge is 0.257 e. The van der Waals surface area contributed by atoms with Gasteiger partial charge in [0.05, 0.1) is 16.7 Å². The first-order valence-corrected chi connectivity index (χ1v) is 10.7. The third-order valence-corrected chi connectivity index (χ3v) is 5.99. The van der Waals surface area contributed by atoms with Gasteiger partial charge in [-0.2, -0.15) is 0 Å². The van der Waals surface area contributed by atoms with E-state index in [0.717, 1.165) is 11.3 Å². The lowest BCUT2D eigenvalue weighted by molar-refractivity contribution is -0.138. The van der Waals surface area contributed by atoms with E-state index < -0.39 is 5.41 Å². The van der Waals surface area contributed by atoms with Crippen LogP contribution in [0.5, 0.6) is 0 Å². The summed E-state index contributed by atoms with van der Waals surface area (Å²) >= 11 is 0. The van der Waals surface area contributed by atoms with Crippen molar-refractivity contribution in [3.05, 3.63) is 90.0 Å². The first-order valence-electron chi connectivity index (χ1n) is 10.7. The molecule has 0 saturated carbocycles. The van der Waals surface area contributed by atoms with Crippen LogP contribution in [0.1, 0.15) is 42.1 Å². The van der Waals surface area contributed by atoms with Gasteiger partial charge in [-0.15, -0.1) is 0 Å². The lowest BCUT2D eigenvalue weighted by Gasteiger charge is -2.35. The Balaban J connectivity index is 1.52. The fraction of sp³-hybridized carbons (Fsp3) is 0.192. The number of hydrogen-bond acceptors (Lipinski definition) is 4. The second-order valence-corrected chi connectivity index (χ2v) is 7.88. The molecule has 3 amide bonds. The first kappa shape index (κ1) is 21.3. The number of carbonyl (C=O) groups excluding carboxylic acids is 3. The summed E-state index contributed by atoms with van der Waals surface area (Å²) < 4.78 is 0. The average molecular weight is 428 g/mol. The number of hydrogen-bond donors (Lipinski definition) is 3. The maximum atomic E-state index is 13.0. The van der Waals surface area contributed by atoms with Gasteiger partial charge in [0.25, 0.3) is 5.91 Å². The van der Waals surface area contributed by atoms with Gasteiger partial charge in [0.15, 0.2) is 0 Å². The molecule has 0 bridgehead atoms. The molecule has 0 spiro atoms. The highest BCUT2D eigenvalue weighted by Gasteiger charge is 2.42. The van der Waals surface area contributed by atoms with Gasteiger partial charge in [0, 0.05) is 17.8 Å². The first-order chi connectivity index (χ1) is 15.5. The van der Waals surface area contributed by atoms with Crippen molar-refractivity contribution in [3.8, 4) is 0 Å². The van der Waals surface area contributed by atoms with Crippen molar-refractivity contribution < 1.29 is 14.4 Å². The molecule has 1 atom stereocenters. The normalized spacial score (nSPS) is 18.0. The van der Waals surface area contributed by atoms with Crippen molar-refractivity contribution in [2.75, 3.05) is 10.6 Å². The minimum atomic E-state index is -0.720. The third-order valence-electron chi connectivity index (χ3n) is 5.99. The van der Waals surface area contributed by atoms with E-state index in [4.69, 9.17) is 0 Å². The van der Waals surface area contributed by atoms with Crippen LogP contribution < -0.4 is 16.0 Å². The zero-order chi connectivity index (χ0) is 22.6. The molecule has 6 heteroatoms. The second kappa shape index (κ2) is 9.06. The molecular formula is C26H25N3O3. The molecule has 1 fully saturated rings. The number of carbonyl (C=O) groups is 3. The zero-order valence-electron chi connectivity index (χ0n) is 17.9.